The maximum Gasteiger partial charge on any atom is 0.128 e. The van der Waals surface area contributed by atoms with Gasteiger partial charge in [-0.3, -0.25) is 0 Å². The lowest BCUT2D eigenvalue weighted by atomic mass is 10.2. The molecular formula is C12H20N2O. The van der Waals surface area contributed by atoms with Crippen LogP contribution >= 0.6 is 0 Å². The highest BCUT2D eigenvalue weighted by molar-refractivity contribution is 5.37. The summed E-state index contributed by atoms with van der Waals surface area (Å²) in [6.45, 7) is 3.59. The van der Waals surface area contributed by atoms with Crippen LogP contribution in [0.4, 0.5) is 5.82 Å². The number of pyridine rings is 1. The first kappa shape index (κ1) is 12.0. The van der Waals surface area contributed by atoms with Gasteiger partial charge in [0.25, 0.3) is 0 Å². The Hall–Kier alpha value is -1.09. The Morgan fingerprint density at radius 1 is 1.33 bits per heavy atom. The van der Waals surface area contributed by atoms with Crippen LogP contribution in [0.2, 0.25) is 0 Å². The Bertz CT molecular complexity index is 276. The summed E-state index contributed by atoms with van der Waals surface area (Å²) in [6, 6.07) is 3.83. The van der Waals surface area contributed by atoms with Gasteiger partial charge in [0.1, 0.15) is 5.82 Å². The lowest BCUT2D eigenvalue weighted by molar-refractivity contribution is 0.117. The number of anilines is 1. The van der Waals surface area contributed by atoms with Gasteiger partial charge >= 0.3 is 0 Å². The van der Waals surface area contributed by atoms with Gasteiger partial charge in [-0.2, -0.15) is 0 Å². The van der Waals surface area contributed by atoms with Crippen LogP contribution in [0.25, 0.3) is 0 Å². The van der Waals surface area contributed by atoms with Crippen molar-refractivity contribution in [2.45, 2.75) is 39.2 Å². The highest BCUT2D eigenvalue weighted by atomic mass is 16.5. The lowest BCUT2D eigenvalue weighted by Gasteiger charge is -2.05. The van der Waals surface area contributed by atoms with Crippen molar-refractivity contribution in [1.29, 1.82) is 0 Å². The molecule has 0 radical (unpaired) electrons. The molecule has 0 spiro atoms. The largest absolute Gasteiger partial charge is 0.383 e. The van der Waals surface area contributed by atoms with Gasteiger partial charge in [-0.05, 0) is 12.5 Å². The summed E-state index contributed by atoms with van der Waals surface area (Å²) in [5.41, 5.74) is 6.67. The van der Waals surface area contributed by atoms with Crippen LogP contribution in [0, 0.1) is 0 Å². The fraction of sp³-hybridized carbons (Fsp3) is 0.583. The van der Waals surface area contributed by atoms with Gasteiger partial charge in [0, 0.05) is 18.4 Å². The smallest absolute Gasteiger partial charge is 0.128 e. The van der Waals surface area contributed by atoms with E-state index in [1.165, 1.54) is 19.3 Å². The van der Waals surface area contributed by atoms with E-state index < -0.39 is 0 Å². The van der Waals surface area contributed by atoms with Crippen LogP contribution in [0.5, 0.6) is 0 Å². The maximum atomic E-state index is 5.69. The topological polar surface area (TPSA) is 48.1 Å². The zero-order chi connectivity index (χ0) is 10.9. The highest BCUT2D eigenvalue weighted by Crippen LogP contribution is 2.08. The molecular weight excluding hydrogens is 188 g/mol. The second kappa shape index (κ2) is 7.23. The van der Waals surface area contributed by atoms with Crippen molar-refractivity contribution >= 4 is 5.82 Å². The molecule has 1 rings (SSSR count). The fourth-order valence-electron chi connectivity index (χ4n) is 1.39. The number of nitrogen functional groups attached to an aromatic ring is 1. The number of hydrogen-bond acceptors (Lipinski definition) is 3. The molecule has 1 aromatic heterocycles. The van der Waals surface area contributed by atoms with Crippen molar-refractivity contribution in [3.8, 4) is 0 Å². The summed E-state index contributed by atoms with van der Waals surface area (Å²) in [5.74, 6) is 0.575. The van der Waals surface area contributed by atoms with E-state index in [9.17, 15) is 0 Å². The minimum absolute atomic E-state index is 0.575. The third kappa shape index (κ3) is 4.79. The zero-order valence-electron chi connectivity index (χ0n) is 9.41. The SMILES string of the molecule is CCCCCCOCc1cccnc1N. The molecule has 0 aliphatic rings. The molecule has 0 amide bonds. The van der Waals surface area contributed by atoms with Gasteiger partial charge in [-0.25, -0.2) is 4.98 Å². The summed E-state index contributed by atoms with van der Waals surface area (Å²) in [5, 5.41) is 0. The summed E-state index contributed by atoms with van der Waals surface area (Å²) < 4.78 is 5.53. The third-order valence-corrected chi connectivity index (χ3v) is 2.33. The summed E-state index contributed by atoms with van der Waals surface area (Å²) in [6.07, 6.45) is 6.63. The average Bonchev–Trinajstić information content (AvgIpc) is 2.25. The zero-order valence-corrected chi connectivity index (χ0v) is 9.41. The van der Waals surface area contributed by atoms with Gasteiger partial charge in [0.15, 0.2) is 0 Å². The van der Waals surface area contributed by atoms with E-state index in [1.54, 1.807) is 6.20 Å². The van der Waals surface area contributed by atoms with Crippen molar-refractivity contribution in [3.05, 3.63) is 23.9 Å². The molecule has 0 aliphatic carbocycles. The molecule has 15 heavy (non-hydrogen) atoms. The molecule has 84 valence electrons. The molecule has 0 bridgehead atoms. The van der Waals surface area contributed by atoms with Crippen LogP contribution in [-0.2, 0) is 11.3 Å². The van der Waals surface area contributed by atoms with Crippen molar-refractivity contribution in [2.75, 3.05) is 12.3 Å². The van der Waals surface area contributed by atoms with Crippen molar-refractivity contribution in [1.82, 2.24) is 4.98 Å². The number of nitrogens with zero attached hydrogens (tertiary/aromatic N) is 1. The summed E-state index contributed by atoms with van der Waals surface area (Å²) in [7, 11) is 0. The van der Waals surface area contributed by atoms with E-state index >= 15 is 0 Å². The molecule has 0 unspecified atom stereocenters. The third-order valence-electron chi connectivity index (χ3n) is 2.33. The van der Waals surface area contributed by atoms with E-state index in [0.29, 0.717) is 12.4 Å². The van der Waals surface area contributed by atoms with Gasteiger partial charge < -0.3 is 10.5 Å². The lowest BCUT2D eigenvalue weighted by Crippen LogP contribution is -2.01. The number of unbranched alkanes of at least 4 members (excludes halogenated alkanes) is 3. The molecule has 0 aromatic carbocycles. The molecule has 1 heterocycles. The molecule has 0 atom stereocenters. The molecule has 0 aliphatic heterocycles. The van der Waals surface area contributed by atoms with E-state index in [4.69, 9.17) is 10.5 Å². The number of rotatable bonds is 7. The van der Waals surface area contributed by atoms with Crippen LogP contribution in [0.3, 0.4) is 0 Å². The minimum atomic E-state index is 0.575. The average molecular weight is 208 g/mol. The first-order chi connectivity index (χ1) is 7.34. The monoisotopic (exact) mass is 208 g/mol. The molecule has 0 saturated heterocycles. The first-order valence-electron chi connectivity index (χ1n) is 5.61. The molecule has 3 heteroatoms. The van der Waals surface area contributed by atoms with Crippen LogP contribution < -0.4 is 5.73 Å². The first-order valence-corrected chi connectivity index (χ1v) is 5.61. The second-order valence-electron chi connectivity index (χ2n) is 3.66. The molecule has 3 nitrogen and oxygen atoms in total. The van der Waals surface area contributed by atoms with E-state index in [0.717, 1.165) is 18.6 Å². The number of hydrogen-bond donors (Lipinski definition) is 1. The standard InChI is InChI=1S/C12H20N2O/c1-2-3-4-5-9-15-10-11-7-6-8-14-12(11)13/h6-8H,2-5,9-10H2,1H3,(H2,13,14). The van der Waals surface area contributed by atoms with Gasteiger partial charge in [0.05, 0.1) is 6.61 Å². The van der Waals surface area contributed by atoms with E-state index in [-0.39, 0.29) is 0 Å². The van der Waals surface area contributed by atoms with Gasteiger partial charge in [-0.1, -0.05) is 32.3 Å². The van der Waals surface area contributed by atoms with Crippen molar-refractivity contribution < 1.29 is 4.74 Å². The minimum Gasteiger partial charge on any atom is -0.383 e. The van der Waals surface area contributed by atoms with E-state index in [2.05, 4.69) is 11.9 Å². The van der Waals surface area contributed by atoms with Gasteiger partial charge in [-0.15, -0.1) is 0 Å². The Morgan fingerprint density at radius 3 is 2.93 bits per heavy atom. The Labute approximate surface area is 91.7 Å². The molecule has 0 fully saturated rings. The fourth-order valence-corrected chi connectivity index (χ4v) is 1.39. The van der Waals surface area contributed by atoms with E-state index in [1.807, 2.05) is 12.1 Å². The Balaban J connectivity index is 2.12. The van der Waals surface area contributed by atoms with Crippen molar-refractivity contribution in [2.24, 2.45) is 0 Å². The normalized spacial score (nSPS) is 10.5. The predicted octanol–water partition coefficient (Wildman–Crippen LogP) is 2.76. The summed E-state index contributed by atoms with van der Waals surface area (Å²) in [4.78, 5) is 4.01. The number of aromatic nitrogens is 1. The summed E-state index contributed by atoms with van der Waals surface area (Å²) >= 11 is 0. The predicted molar refractivity (Wildman–Crippen MR) is 62.4 cm³/mol. The number of ether oxygens (including phenoxy) is 1. The van der Waals surface area contributed by atoms with Crippen LogP contribution in [0.1, 0.15) is 38.2 Å². The second-order valence-corrected chi connectivity index (χ2v) is 3.66. The van der Waals surface area contributed by atoms with Crippen molar-refractivity contribution in [3.63, 3.8) is 0 Å². The maximum absolute atomic E-state index is 5.69. The highest BCUT2D eigenvalue weighted by Gasteiger charge is 1.98. The van der Waals surface area contributed by atoms with Crippen LogP contribution in [-0.4, -0.2) is 11.6 Å². The molecule has 2 N–H and O–H groups in total. The van der Waals surface area contributed by atoms with Crippen LogP contribution in [0.15, 0.2) is 18.3 Å². The quantitative estimate of drug-likeness (QED) is 0.701. The number of nitrogens with two attached hydrogens (primary N) is 1. The molecule has 1 aromatic rings. The molecule has 0 saturated carbocycles. The Kier molecular flexibility index (Phi) is 5.78. The Morgan fingerprint density at radius 2 is 2.20 bits per heavy atom. The van der Waals surface area contributed by atoms with Gasteiger partial charge in [0.2, 0.25) is 0 Å².